The first-order chi connectivity index (χ1) is 39.3. The van der Waals surface area contributed by atoms with Crippen LogP contribution >= 0.6 is 54.5 Å². The zero-order chi connectivity index (χ0) is 58.4. The van der Waals surface area contributed by atoms with Crippen molar-refractivity contribution in [3.8, 4) is 53.1 Å². The molecule has 2 aliphatic rings. The summed E-state index contributed by atoms with van der Waals surface area (Å²) in [6.07, 6.45) is 14.6. The number of thiazole rings is 2. The van der Waals surface area contributed by atoms with Gasteiger partial charge in [0, 0.05) is 74.5 Å². The van der Waals surface area contributed by atoms with E-state index in [4.69, 9.17) is 36.8 Å². The summed E-state index contributed by atoms with van der Waals surface area (Å²) in [7, 11) is 0. The van der Waals surface area contributed by atoms with Gasteiger partial charge in [-0.3, -0.25) is 34.5 Å². The number of rotatable bonds is 15. The lowest BCUT2D eigenvalue weighted by Gasteiger charge is -2.04. The zero-order valence-corrected chi connectivity index (χ0v) is 48.8. The molecule has 19 nitrogen and oxygen atoms in total. The molecular formula is C58H52Br2N16O3S2. The van der Waals surface area contributed by atoms with E-state index in [2.05, 4.69) is 95.0 Å². The Bertz CT molecular complexity index is 3500. The van der Waals surface area contributed by atoms with Crippen LogP contribution in [0.3, 0.4) is 0 Å². The van der Waals surface area contributed by atoms with Crippen molar-refractivity contribution in [2.45, 2.75) is 46.1 Å². The first-order valence-electron chi connectivity index (χ1n) is 24.7. The summed E-state index contributed by atoms with van der Waals surface area (Å²) in [5, 5.41) is 55.3. The molecule has 0 bridgehead atoms. The van der Waals surface area contributed by atoms with E-state index < -0.39 is 0 Å². The molecule has 8 aromatic heterocycles. The molecule has 8 heterocycles. The Hall–Kier alpha value is -8.99. The number of nitriles is 5. The Balaban J connectivity index is 0.000000182. The van der Waals surface area contributed by atoms with Crippen LogP contribution in [0, 0.1) is 68.5 Å². The van der Waals surface area contributed by atoms with E-state index >= 15 is 0 Å². The second kappa shape index (κ2) is 34.1. The fraction of sp³-hybridized carbons (Fsp3) is 0.224. The predicted molar refractivity (Wildman–Crippen MR) is 318 cm³/mol. The van der Waals surface area contributed by atoms with E-state index in [1.165, 1.54) is 57.4 Å². The van der Waals surface area contributed by atoms with Gasteiger partial charge in [-0.15, -0.1) is 22.7 Å². The summed E-state index contributed by atoms with van der Waals surface area (Å²) in [4.78, 5) is 54.8. The molecule has 0 amide bonds. The van der Waals surface area contributed by atoms with Crippen LogP contribution in [0.1, 0.15) is 99.6 Å². The lowest BCUT2D eigenvalue weighted by atomic mass is 10.2. The van der Waals surface area contributed by atoms with Gasteiger partial charge in [0.25, 0.3) is 0 Å². The van der Waals surface area contributed by atoms with E-state index in [0.29, 0.717) is 63.8 Å². The number of pyridine rings is 6. The number of nitrogens with zero attached hydrogens (tertiary/aromatic N) is 13. The summed E-state index contributed by atoms with van der Waals surface area (Å²) in [5.41, 5.74) is 14.2. The van der Waals surface area contributed by atoms with E-state index in [1.807, 2.05) is 66.4 Å². The van der Waals surface area contributed by atoms with Crippen LogP contribution in [-0.4, -0.2) is 76.5 Å². The van der Waals surface area contributed by atoms with Crippen LogP contribution in [0.15, 0.2) is 132 Å². The van der Waals surface area contributed by atoms with E-state index in [1.54, 1.807) is 83.5 Å². The third-order valence-corrected chi connectivity index (χ3v) is 13.4. The van der Waals surface area contributed by atoms with Crippen molar-refractivity contribution in [2.24, 2.45) is 17.6 Å². The first kappa shape index (κ1) is 62.8. The third kappa shape index (κ3) is 22.7. The first-order valence-corrected chi connectivity index (χ1v) is 28.4. The Morgan fingerprint density at radius 1 is 0.605 bits per heavy atom. The minimum absolute atomic E-state index is 0.0838. The highest BCUT2D eigenvalue weighted by atomic mass is 79.9. The molecule has 2 fully saturated rings. The summed E-state index contributed by atoms with van der Waals surface area (Å²) in [6, 6.07) is 30.5. The van der Waals surface area contributed by atoms with Gasteiger partial charge in [-0.25, -0.2) is 15.0 Å². The molecule has 0 unspecified atom stereocenters. The minimum Gasteiger partial charge on any atom is -0.492 e. The molecule has 8 aromatic rings. The Morgan fingerprint density at radius 2 is 1.02 bits per heavy atom. The summed E-state index contributed by atoms with van der Waals surface area (Å²) in [6.45, 7) is 10.2. The summed E-state index contributed by atoms with van der Waals surface area (Å²) < 4.78 is 5.91. The Labute approximate surface area is 494 Å². The van der Waals surface area contributed by atoms with Crippen molar-refractivity contribution in [1.29, 1.82) is 26.3 Å². The van der Waals surface area contributed by atoms with Crippen LogP contribution in [0.25, 0.3) is 28.5 Å². The van der Waals surface area contributed by atoms with Crippen molar-refractivity contribution < 1.29 is 14.3 Å². The minimum atomic E-state index is -0.0884. The maximum Gasteiger partial charge on any atom is 0.191 e. The number of hydrogen-bond acceptors (Lipinski definition) is 21. The molecule has 0 spiro atoms. The standard InChI is InChI=1S/C13H16N4S.C13H12N4S.C10H10N2O.C8H5BrN2O.C8H6N2O.C6H3BrN2/c2*14-5-10-3-4-11(15-7-10)12-8-18-13(17-12)16-6-9-1-2-9;1-3-13-8(2)10-5-4-9(6-11)7-12-10;9-3-8(12)7-2-1-6(4-10)5-11-7;1-6(11)8-3-2-7(4-9)5-10-8;7-6-2-1-5(3-8)4-9-6/h3-4,7-9H,1-2,5-6,14H2,(H,16,17);3-4,7-9H,1-2,6H2,(H,16,17);4-5,7H,2-3H2,1H3;1-2,5H,3H2;2-3,5H,1H3;1-2,4H. The van der Waals surface area contributed by atoms with E-state index in [-0.39, 0.29) is 16.9 Å². The number of ether oxygens (including phenoxy) is 1. The van der Waals surface area contributed by atoms with Crippen molar-refractivity contribution in [3.63, 3.8) is 0 Å². The largest absolute Gasteiger partial charge is 0.492 e. The molecule has 0 radical (unpaired) electrons. The molecule has 81 heavy (non-hydrogen) atoms. The van der Waals surface area contributed by atoms with Crippen LogP contribution in [0.2, 0.25) is 0 Å². The molecule has 408 valence electrons. The van der Waals surface area contributed by atoms with Gasteiger partial charge in [-0.1, -0.05) is 28.6 Å². The second-order valence-electron chi connectivity index (χ2n) is 17.1. The number of Topliss-reactive ketones (excluding diaryl/α,β-unsaturated/α-hetero) is 2. The van der Waals surface area contributed by atoms with Crippen LogP contribution in [0.5, 0.6) is 0 Å². The average Bonchev–Trinajstić information content (AvgIpc) is 4.45. The number of hydrogen-bond donors (Lipinski definition) is 3. The lowest BCUT2D eigenvalue weighted by Crippen LogP contribution is -2.02. The van der Waals surface area contributed by atoms with Crippen molar-refractivity contribution in [1.82, 2.24) is 39.9 Å². The number of carbonyl (C=O) groups is 2. The quantitative estimate of drug-likeness (QED) is 0.0371. The van der Waals surface area contributed by atoms with Gasteiger partial charge in [-0.05, 0) is 133 Å². The van der Waals surface area contributed by atoms with Gasteiger partial charge in [0.15, 0.2) is 21.8 Å². The van der Waals surface area contributed by atoms with Crippen LogP contribution in [-0.2, 0) is 11.3 Å². The molecule has 0 atom stereocenters. The van der Waals surface area contributed by atoms with Gasteiger partial charge >= 0.3 is 0 Å². The number of nitrogens with two attached hydrogens (primary N) is 1. The number of carbonyl (C=O) groups excluding carboxylic acids is 2. The number of nitrogens with one attached hydrogen (secondary N) is 2. The molecule has 0 saturated heterocycles. The number of alkyl halides is 1. The highest BCUT2D eigenvalue weighted by molar-refractivity contribution is 9.10. The molecule has 10 rings (SSSR count). The van der Waals surface area contributed by atoms with Crippen molar-refractivity contribution in [2.75, 3.05) is 35.7 Å². The lowest BCUT2D eigenvalue weighted by molar-refractivity contribution is 0.100. The van der Waals surface area contributed by atoms with Gasteiger partial charge in [0.05, 0.1) is 51.1 Å². The molecule has 2 aliphatic carbocycles. The third-order valence-electron chi connectivity index (χ3n) is 10.9. The summed E-state index contributed by atoms with van der Waals surface area (Å²) >= 11 is 9.42. The van der Waals surface area contributed by atoms with Crippen molar-refractivity contribution >= 4 is 82.1 Å². The second-order valence-corrected chi connectivity index (χ2v) is 20.2. The monoisotopic (exact) mass is 1240 g/mol. The van der Waals surface area contributed by atoms with Crippen LogP contribution < -0.4 is 16.4 Å². The number of aromatic nitrogens is 8. The topological polar surface area (TPSA) is 316 Å². The van der Waals surface area contributed by atoms with Gasteiger partial charge in [0.1, 0.15) is 69.2 Å². The maximum atomic E-state index is 11.0. The number of ketones is 2. The SMILES string of the molecule is C=C(OCC)c1ccc(C#N)cn1.CC(=O)c1ccc(C#N)cn1.N#Cc1ccc(-c2csc(NCC3CC3)n2)nc1.N#Cc1ccc(Br)nc1.N#Cc1ccc(C(=O)CBr)nc1.NCc1ccc(-c2csc(NCC3CC3)n2)nc1. The molecule has 23 heteroatoms. The number of anilines is 2. The maximum absolute atomic E-state index is 11.0. The fourth-order valence-corrected chi connectivity index (χ4v) is 7.99. The zero-order valence-electron chi connectivity index (χ0n) is 44.0. The summed E-state index contributed by atoms with van der Waals surface area (Å²) in [5.74, 6) is 2.06. The Morgan fingerprint density at radius 3 is 1.37 bits per heavy atom. The molecule has 0 aliphatic heterocycles. The van der Waals surface area contributed by atoms with Gasteiger partial charge < -0.3 is 21.1 Å². The van der Waals surface area contributed by atoms with Gasteiger partial charge in [-0.2, -0.15) is 26.3 Å². The fourth-order valence-electron chi connectivity index (χ4n) is 6.04. The Kier molecular flexibility index (Phi) is 26.5. The molecule has 0 aromatic carbocycles. The highest BCUT2D eigenvalue weighted by Crippen LogP contribution is 2.31. The molecular weight excluding hydrogens is 1190 g/mol. The number of halogens is 2. The van der Waals surface area contributed by atoms with Crippen LogP contribution in [0.4, 0.5) is 10.3 Å². The van der Waals surface area contributed by atoms with E-state index in [0.717, 1.165) is 68.1 Å². The molecule has 4 N–H and O–H groups in total. The highest BCUT2D eigenvalue weighted by Gasteiger charge is 2.22. The molecule has 2 saturated carbocycles. The average molecular weight is 1250 g/mol. The predicted octanol–water partition coefficient (Wildman–Crippen LogP) is 11.7. The van der Waals surface area contributed by atoms with E-state index in [9.17, 15) is 9.59 Å². The van der Waals surface area contributed by atoms with Crippen molar-refractivity contribution in [3.05, 3.63) is 182 Å². The smallest absolute Gasteiger partial charge is 0.191 e. The van der Waals surface area contributed by atoms with Gasteiger partial charge in [0.2, 0.25) is 0 Å². The normalized spacial score (nSPS) is 11.3.